The van der Waals surface area contributed by atoms with Crippen LogP contribution in [0.5, 0.6) is 0 Å². The van der Waals surface area contributed by atoms with Crippen LogP contribution in [0.4, 0.5) is 0 Å². The molecule has 0 atom stereocenters. The van der Waals surface area contributed by atoms with Crippen molar-refractivity contribution in [1.29, 1.82) is 0 Å². The van der Waals surface area contributed by atoms with Crippen LogP contribution in [0.25, 0.3) is 99.9 Å². The lowest BCUT2D eigenvalue weighted by Crippen LogP contribution is -2.02. The maximum absolute atomic E-state index is 6.30. The van der Waals surface area contributed by atoms with Gasteiger partial charge in [0.25, 0.3) is 0 Å². The van der Waals surface area contributed by atoms with E-state index < -0.39 is 0 Å². The second kappa shape index (κ2) is 11.9. The van der Waals surface area contributed by atoms with Gasteiger partial charge in [0.15, 0.2) is 17.5 Å². The molecule has 2 heterocycles. The van der Waals surface area contributed by atoms with Gasteiger partial charge in [0.05, 0.1) is 0 Å². The SMILES string of the molecule is c1ccc(-c2ccccc2-c2nc(-c3cc(-c4ccc5ccccc5c4)cc4ccccc34)nc(-c3cccc4oc5ccccc5c34)n2)cc1. The van der Waals surface area contributed by atoms with E-state index in [2.05, 4.69) is 133 Å². The normalized spacial score (nSPS) is 11.5. The fourth-order valence-corrected chi connectivity index (χ4v) is 7.28. The smallest absolute Gasteiger partial charge is 0.164 e. The Kier molecular flexibility index (Phi) is 6.78. The van der Waals surface area contributed by atoms with Gasteiger partial charge < -0.3 is 4.42 Å². The molecular formula is C47H29N3O. The van der Waals surface area contributed by atoms with Gasteiger partial charge in [-0.25, -0.2) is 15.0 Å². The highest BCUT2D eigenvalue weighted by Gasteiger charge is 2.20. The average Bonchev–Trinajstić information content (AvgIpc) is 3.59. The molecule has 4 nitrogen and oxygen atoms in total. The number of hydrogen-bond donors (Lipinski definition) is 0. The van der Waals surface area contributed by atoms with E-state index >= 15 is 0 Å². The number of rotatable bonds is 5. The van der Waals surface area contributed by atoms with Crippen molar-refractivity contribution in [3.05, 3.63) is 176 Å². The number of benzene rings is 8. The fourth-order valence-electron chi connectivity index (χ4n) is 7.28. The van der Waals surface area contributed by atoms with E-state index in [1.54, 1.807) is 0 Å². The number of aromatic nitrogens is 3. The van der Waals surface area contributed by atoms with Crippen LogP contribution in [0.1, 0.15) is 0 Å². The first kappa shape index (κ1) is 29.0. The number of fused-ring (bicyclic) bond motifs is 5. The Labute approximate surface area is 294 Å². The van der Waals surface area contributed by atoms with Gasteiger partial charge in [0.2, 0.25) is 0 Å². The molecule has 0 saturated carbocycles. The summed E-state index contributed by atoms with van der Waals surface area (Å²) in [6.45, 7) is 0. The standard InChI is InChI=1S/C47H29N3O/c1-2-14-31(15-3-1)36-18-8-9-20-38(36)45-48-46(40-22-12-24-43-44(40)39-21-10-11-23-42(39)51-43)50-47(49-45)41-29-35(28-34-17-6-7-19-37(34)41)33-26-25-30-13-4-5-16-32(30)27-33/h1-29H. The molecule has 0 radical (unpaired) electrons. The summed E-state index contributed by atoms with van der Waals surface area (Å²) in [5, 5.41) is 6.63. The highest BCUT2D eigenvalue weighted by Crippen LogP contribution is 2.39. The minimum Gasteiger partial charge on any atom is -0.456 e. The summed E-state index contributed by atoms with van der Waals surface area (Å²) >= 11 is 0. The average molecular weight is 652 g/mol. The van der Waals surface area contributed by atoms with Crippen molar-refractivity contribution >= 4 is 43.5 Å². The summed E-state index contributed by atoms with van der Waals surface area (Å²) in [5.74, 6) is 1.82. The van der Waals surface area contributed by atoms with E-state index in [1.807, 2.05) is 42.5 Å². The van der Waals surface area contributed by atoms with Crippen LogP contribution in [-0.4, -0.2) is 15.0 Å². The van der Waals surface area contributed by atoms with Crippen molar-refractivity contribution in [3.8, 4) is 56.4 Å². The molecule has 0 N–H and O–H groups in total. The molecule has 2 aromatic heterocycles. The minimum absolute atomic E-state index is 0.593. The largest absolute Gasteiger partial charge is 0.456 e. The van der Waals surface area contributed by atoms with Gasteiger partial charge in [-0.1, -0.05) is 146 Å². The highest BCUT2D eigenvalue weighted by molar-refractivity contribution is 6.12. The molecule has 0 aliphatic heterocycles. The summed E-state index contributed by atoms with van der Waals surface area (Å²) in [5.41, 5.74) is 8.81. The third-order valence-electron chi connectivity index (χ3n) is 9.72. The third-order valence-corrected chi connectivity index (χ3v) is 9.72. The van der Waals surface area contributed by atoms with Gasteiger partial charge in [0.1, 0.15) is 11.2 Å². The van der Waals surface area contributed by atoms with Crippen LogP contribution in [0.15, 0.2) is 180 Å². The minimum atomic E-state index is 0.593. The Morgan fingerprint density at radius 2 is 0.902 bits per heavy atom. The fraction of sp³-hybridized carbons (Fsp3) is 0. The Bertz CT molecular complexity index is 2930. The monoisotopic (exact) mass is 651 g/mol. The second-order valence-electron chi connectivity index (χ2n) is 12.8. The van der Waals surface area contributed by atoms with Crippen molar-refractivity contribution in [1.82, 2.24) is 15.0 Å². The van der Waals surface area contributed by atoms with Crippen molar-refractivity contribution in [2.45, 2.75) is 0 Å². The summed E-state index contributed by atoms with van der Waals surface area (Å²) < 4.78 is 6.30. The first-order chi connectivity index (χ1) is 25.3. The van der Waals surface area contributed by atoms with Crippen LogP contribution < -0.4 is 0 Å². The van der Waals surface area contributed by atoms with Crippen molar-refractivity contribution in [2.75, 3.05) is 0 Å². The molecule has 0 fully saturated rings. The van der Waals surface area contributed by atoms with Crippen LogP contribution in [0.3, 0.4) is 0 Å². The summed E-state index contributed by atoms with van der Waals surface area (Å²) in [4.78, 5) is 15.9. The molecule has 8 aromatic carbocycles. The van der Waals surface area contributed by atoms with Gasteiger partial charge >= 0.3 is 0 Å². The molecule has 51 heavy (non-hydrogen) atoms. The zero-order chi connectivity index (χ0) is 33.7. The molecular weight excluding hydrogens is 623 g/mol. The molecule has 10 rings (SSSR count). The molecule has 0 amide bonds. The second-order valence-corrected chi connectivity index (χ2v) is 12.8. The maximum atomic E-state index is 6.30. The lowest BCUT2D eigenvalue weighted by atomic mass is 9.95. The highest BCUT2D eigenvalue weighted by atomic mass is 16.3. The molecule has 0 spiro atoms. The topological polar surface area (TPSA) is 51.8 Å². The summed E-state index contributed by atoms with van der Waals surface area (Å²) in [6, 6.07) is 61.1. The number of furan rings is 1. The van der Waals surface area contributed by atoms with Crippen molar-refractivity contribution < 1.29 is 4.42 Å². The Morgan fingerprint density at radius 1 is 0.314 bits per heavy atom. The molecule has 0 aliphatic rings. The van der Waals surface area contributed by atoms with E-state index in [0.29, 0.717) is 17.5 Å². The summed E-state index contributed by atoms with van der Waals surface area (Å²) in [7, 11) is 0. The van der Waals surface area contributed by atoms with E-state index in [4.69, 9.17) is 19.4 Å². The maximum Gasteiger partial charge on any atom is 0.164 e. The van der Waals surface area contributed by atoms with E-state index in [1.165, 1.54) is 10.8 Å². The van der Waals surface area contributed by atoms with Gasteiger partial charge in [-0.2, -0.15) is 0 Å². The zero-order valence-electron chi connectivity index (χ0n) is 27.5. The van der Waals surface area contributed by atoms with Gasteiger partial charge in [0, 0.05) is 27.5 Å². The van der Waals surface area contributed by atoms with Crippen LogP contribution in [0.2, 0.25) is 0 Å². The van der Waals surface area contributed by atoms with Crippen molar-refractivity contribution in [3.63, 3.8) is 0 Å². The number of nitrogens with zero attached hydrogens (tertiary/aromatic N) is 3. The molecule has 0 bridgehead atoms. The van der Waals surface area contributed by atoms with Gasteiger partial charge in [-0.15, -0.1) is 0 Å². The Balaban J connectivity index is 1.26. The van der Waals surface area contributed by atoms with Gasteiger partial charge in [-0.05, 0) is 74.1 Å². The predicted octanol–water partition coefficient (Wildman–Crippen LogP) is 12.4. The first-order valence-electron chi connectivity index (χ1n) is 17.1. The number of para-hydroxylation sites is 1. The Hall–Kier alpha value is -6.91. The molecule has 238 valence electrons. The number of hydrogen-bond acceptors (Lipinski definition) is 4. The molecule has 10 aromatic rings. The third kappa shape index (κ3) is 5.04. The molecule has 0 aliphatic carbocycles. The van der Waals surface area contributed by atoms with Crippen LogP contribution in [0, 0.1) is 0 Å². The molecule has 4 heteroatoms. The summed E-state index contributed by atoms with van der Waals surface area (Å²) in [6.07, 6.45) is 0. The first-order valence-corrected chi connectivity index (χ1v) is 17.1. The van der Waals surface area contributed by atoms with Crippen LogP contribution in [-0.2, 0) is 0 Å². The van der Waals surface area contributed by atoms with E-state index in [0.717, 1.165) is 71.7 Å². The zero-order valence-corrected chi connectivity index (χ0v) is 27.5. The van der Waals surface area contributed by atoms with Gasteiger partial charge in [-0.3, -0.25) is 0 Å². The molecule has 0 saturated heterocycles. The lowest BCUT2D eigenvalue weighted by Gasteiger charge is -2.14. The molecule has 0 unspecified atom stereocenters. The van der Waals surface area contributed by atoms with Crippen LogP contribution >= 0.6 is 0 Å². The Morgan fingerprint density at radius 3 is 1.75 bits per heavy atom. The van der Waals surface area contributed by atoms with E-state index in [9.17, 15) is 0 Å². The predicted molar refractivity (Wildman–Crippen MR) is 209 cm³/mol. The van der Waals surface area contributed by atoms with E-state index in [-0.39, 0.29) is 0 Å². The quantitative estimate of drug-likeness (QED) is 0.186. The lowest BCUT2D eigenvalue weighted by molar-refractivity contribution is 0.669. The van der Waals surface area contributed by atoms with Crippen molar-refractivity contribution in [2.24, 2.45) is 0 Å².